The fraction of sp³-hybridized carbons (Fsp3) is 0.500. The second-order valence-corrected chi connectivity index (χ2v) is 6.56. The van der Waals surface area contributed by atoms with E-state index in [1.54, 1.807) is 0 Å². The molecule has 1 N–H and O–H groups in total. The lowest BCUT2D eigenvalue weighted by Crippen LogP contribution is -2.39. The molecule has 1 aliphatic heterocycles. The summed E-state index contributed by atoms with van der Waals surface area (Å²) in [6.45, 7) is 1.92. The lowest BCUT2D eigenvalue weighted by atomic mass is 10.00. The molecule has 0 aliphatic carbocycles. The Balaban J connectivity index is 1.71. The third-order valence-electron chi connectivity index (χ3n) is 4.09. The van der Waals surface area contributed by atoms with Gasteiger partial charge in [0.25, 0.3) is 0 Å². The molecule has 1 saturated heterocycles. The van der Waals surface area contributed by atoms with Crippen molar-refractivity contribution in [3.05, 3.63) is 34.6 Å². The average molecular weight is 366 g/mol. The molecule has 1 unspecified atom stereocenters. The Hall–Kier alpha value is -1.24. The molecular weight excluding hydrogens is 346 g/mol. The van der Waals surface area contributed by atoms with Crippen LogP contribution in [0.15, 0.2) is 33.2 Å². The van der Waals surface area contributed by atoms with Crippen LogP contribution >= 0.6 is 15.9 Å². The number of halogens is 1. The van der Waals surface area contributed by atoms with Crippen LogP contribution in [0.2, 0.25) is 0 Å². The Morgan fingerprint density at radius 1 is 1.32 bits per heavy atom. The molecule has 2 heterocycles. The minimum Gasteiger partial charge on any atom is -0.419 e. The highest BCUT2D eigenvalue weighted by Crippen LogP contribution is 2.24. The summed E-state index contributed by atoms with van der Waals surface area (Å²) in [6, 6.07) is 8.25. The standard InChI is InChI=1S/C16H20BrN3O2/c17-13-5-3-4-12(10-13)16-19-18-15(22-16)11-20-8-2-1-6-14(20)7-9-21/h3-5,10,14,21H,1-2,6-9,11H2. The lowest BCUT2D eigenvalue weighted by Gasteiger charge is -2.34. The summed E-state index contributed by atoms with van der Waals surface area (Å²) in [4.78, 5) is 2.35. The largest absolute Gasteiger partial charge is 0.419 e. The molecule has 1 aromatic carbocycles. The van der Waals surface area contributed by atoms with Crippen molar-refractivity contribution in [2.75, 3.05) is 13.2 Å². The van der Waals surface area contributed by atoms with E-state index in [9.17, 15) is 5.11 Å². The van der Waals surface area contributed by atoms with Crippen LogP contribution in [0.4, 0.5) is 0 Å². The first kappa shape index (κ1) is 15.6. The summed E-state index contributed by atoms with van der Waals surface area (Å²) in [6.07, 6.45) is 4.36. The molecule has 22 heavy (non-hydrogen) atoms. The van der Waals surface area contributed by atoms with Crippen molar-refractivity contribution >= 4 is 15.9 Å². The van der Waals surface area contributed by atoms with E-state index in [4.69, 9.17) is 4.42 Å². The van der Waals surface area contributed by atoms with Crippen LogP contribution in [0.1, 0.15) is 31.6 Å². The van der Waals surface area contributed by atoms with Gasteiger partial charge in [-0.15, -0.1) is 10.2 Å². The monoisotopic (exact) mass is 365 g/mol. The van der Waals surface area contributed by atoms with Crippen LogP contribution in [-0.2, 0) is 6.54 Å². The van der Waals surface area contributed by atoms with E-state index in [1.165, 1.54) is 12.8 Å². The summed E-state index contributed by atoms with van der Waals surface area (Å²) in [7, 11) is 0. The molecule has 1 fully saturated rings. The van der Waals surface area contributed by atoms with Crippen molar-refractivity contribution in [3.8, 4) is 11.5 Å². The second-order valence-electron chi connectivity index (χ2n) is 5.64. The number of hydrogen-bond donors (Lipinski definition) is 1. The summed E-state index contributed by atoms with van der Waals surface area (Å²) in [5, 5.41) is 17.5. The Morgan fingerprint density at radius 3 is 3.05 bits per heavy atom. The van der Waals surface area contributed by atoms with Crippen LogP contribution < -0.4 is 0 Å². The molecule has 118 valence electrons. The number of aliphatic hydroxyl groups excluding tert-OH is 1. The van der Waals surface area contributed by atoms with Crippen molar-refractivity contribution in [2.24, 2.45) is 0 Å². The number of benzene rings is 1. The van der Waals surface area contributed by atoms with Gasteiger partial charge in [-0.2, -0.15) is 0 Å². The molecule has 0 radical (unpaired) electrons. The topological polar surface area (TPSA) is 62.4 Å². The zero-order valence-corrected chi connectivity index (χ0v) is 14.0. The first-order valence-electron chi connectivity index (χ1n) is 7.69. The number of hydrogen-bond acceptors (Lipinski definition) is 5. The van der Waals surface area contributed by atoms with Crippen LogP contribution in [0, 0.1) is 0 Å². The summed E-state index contributed by atoms with van der Waals surface area (Å²) in [5.74, 6) is 1.19. The quantitative estimate of drug-likeness (QED) is 0.880. The predicted molar refractivity (Wildman–Crippen MR) is 87.2 cm³/mol. The SMILES string of the molecule is OCCC1CCCCN1Cc1nnc(-c2cccc(Br)c2)o1. The maximum absolute atomic E-state index is 9.20. The maximum Gasteiger partial charge on any atom is 0.247 e. The molecule has 6 heteroatoms. The number of rotatable bonds is 5. The predicted octanol–water partition coefficient (Wildman–Crippen LogP) is 3.24. The molecular formula is C16H20BrN3O2. The van der Waals surface area contributed by atoms with E-state index in [1.807, 2.05) is 24.3 Å². The highest BCUT2D eigenvalue weighted by Gasteiger charge is 2.23. The third-order valence-corrected chi connectivity index (χ3v) is 4.58. The fourth-order valence-corrected chi connectivity index (χ4v) is 3.37. The van der Waals surface area contributed by atoms with Gasteiger partial charge in [-0.1, -0.05) is 28.4 Å². The zero-order valence-electron chi connectivity index (χ0n) is 12.4. The second kappa shape index (κ2) is 7.35. The van der Waals surface area contributed by atoms with Gasteiger partial charge < -0.3 is 9.52 Å². The van der Waals surface area contributed by atoms with Gasteiger partial charge in [0, 0.05) is 22.7 Å². The molecule has 0 bridgehead atoms. The highest BCUT2D eigenvalue weighted by molar-refractivity contribution is 9.10. The Kier molecular flexibility index (Phi) is 5.23. The van der Waals surface area contributed by atoms with Gasteiger partial charge in [-0.25, -0.2) is 0 Å². The minimum absolute atomic E-state index is 0.230. The van der Waals surface area contributed by atoms with Crippen molar-refractivity contribution in [1.82, 2.24) is 15.1 Å². The first-order valence-corrected chi connectivity index (χ1v) is 8.49. The molecule has 3 rings (SSSR count). The number of aliphatic hydroxyl groups is 1. The van der Waals surface area contributed by atoms with Crippen LogP contribution in [0.3, 0.4) is 0 Å². The van der Waals surface area contributed by atoms with Gasteiger partial charge >= 0.3 is 0 Å². The molecule has 0 amide bonds. The van der Waals surface area contributed by atoms with Gasteiger partial charge in [-0.3, -0.25) is 4.90 Å². The maximum atomic E-state index is 9.20. The Bertz CT molecular complexity index is 615. The van der Waals surface area contributed by atoms with Gasteiger partial charge in [-0.05, 0) is 44.0 Å². The number of nitrogens with zero attached hydrogens (tertiary/aromatic N) is 3. The average Bonchev–Trinajstić information content (AvgIpc) is 2.98. The van der Waals surface area contributed by atoms with Crippen molar-refractivity contribution in [1.29, 1.82) is 0 Å². The molecule has 0 spiro atoms. The van der Waals surface area contributed by atoms with E-state index >= 15 is 0 Å². The lowest BCUT2D eigenvalue weighted by molar-refractivity contribution is 0.103. The van der Waals surface area contributed by atoms with Crippen molar-refractivity contribution in [3.63, 3.8) is 0 Å². The molecule has 0 saturated carbocycles. The highest BCUT2D eigenvalue weighted by atomic mass is 79.9. The summed E-state index contributed by atoms with van der Waals surface area (Å²) >= 11 is 3.45. The minimum atomic E-state index is 0.230. The summed E-state index contributed by atoms with van der Waals surface area (Å²) < 4.78 is 6.80. The molecule has 5 nitrogen and oxygen atoms in total. The van der Waals surface area contributed by atoms with Crippen LogP contribution in [0.5, 0.6) is 0 Å². The number of aromatic nitrogens is 2. The third kappa shape index (κ3) is 3.74. The Morgan fingerprint density at radius 2 is 2.23 bits per heavy atom. The normalized spacial score (nSPS) is 19.5. The Labute approximate surface area is 138 Å². The van der Waals surface area contributed by atoms with E-state index in [0.29, 0.717) is 24.4 Å². The molecule has 1 aromatic heterocycles. The molecule has 2 aromatic rings. The molecule has 1 aliphatic rings. The van der Waals surface area contributed by atoms with Crippen molar-refractivity contribution in [2.45, 2.75) is 38.3 Å². The van der Waals surface area contributed by atoms with E-state index < -0.39 is 0 Å². The van der Waals surface area contributed by atoms with Crippen molar-refractivity contribution < 1.29 is 9.52 Å². The van der Waals surface area contributed by atoms with E-state index in [2.05, 4.69) is 31.0 Å². The number of piperidine rings is 1. The zero-order chi connectivity index (χ0) is 15.4. The van der Waals surface area contributed by atoms with Crippen LogP contribution in [0.25, 0.3) is 11.5 Å². The van der Waals surface area contributed by atoms with Gasteiger partial charge in [0.1, 0.15) is 0 Å². The smallest absolute Gasteiger partial charge is 0.247 e. The summed E-state index contributed by atoms with van der Waals surface area (Å²) in [5.41, 5.74) is 0.915. The van der Waals surface area contributed by atoms with Gasteiger partial charge in [0.2, 0.25) is 11.8 Å². The number of likely N-dealkylation sites (tertiary alicyclic amines) is 1. The van der Waals surface area contributed by atoms with Crippen LogP contribution in [-0.4, -0.2) is 39.4 Å². The van der Waals surface area contributed by atoms with E-state index in [-0.39, 0.29) is 6.61 Å². The molecule has 1 atom stereocenters. The van der Waals surface area contributed by atoms with E-state index in [0.717, 1.165) is 29.4 Å². The van der Waals surface area contributed by atoms with Gasteiger partial charge in [0.15, 0.2) is 0 Å². The first-order chi connectivity index (χ1) is 10.8. The fourth-order valence-electron chi connectivity index (χ4n) is 2.97. The van der Waals surface area contributed by atoms with Gasteiger partial charge in [0.05, 0.1) is 6.54 Å².